The minimum absolute atomic E-state index is 0.669. The van der Waals surface area contributed by atoms with E-state index in [2.05, 4.69) is 46.9 Å². The van der Waals surface area contributed by atoms with Gasteiger partial charge in [0.1, 0.15) is 5.65 Å². The average molecular weight is 257 g/mol. The number of aromatic nitrogens is 2. The molecular weight excluding hydrogens is 234 g/mol. The molecule has 19 heavy (non-hydrogen) atoms. The van der Waals surface area contributed by atoms with Gasteiger partial charge in [0.05, 0.1) is 11.4 Å². The van der Waals surface area contributed by atoms with Crippen molar-refractivity contribution in [2.24, 2.45) is 5.92 Å². The van der Waals surface area contributed by atoms with Crippen LogP contribution >= 0.6 is 0 Å². The Hall–Kier alpha value is -1.35. The molecule has 3 nitrogen and oxygen atoms in total. The molecule has 1 N–H and O–H groups in total. The van der Waals surface area contributed by atoms with Crippen molar-refractivity contribution in [2.45, 2.75) is 52.1 Å². The lowest BCUT2D eigenvalue weighted by atomic mass is 9.86. The van der Waals surface area contributed by atoms with Gasteiger partial charge in [-0.25, -0.2) is 4.98 Å². The molecule has 2 aromatic heterocycles. The number of fused-ring (bicyclic) bond motifs is 1. The maximum absolute atomic E-state index is 4.62. The molecule has 2 unspecified atom stereocenters. The van der Waals surface area contributed by atoms with E-state index < -0.39 is 0 Å². The molecule has 2 aromatic rings. The number of imidazole rings is 1. The largest absolute Gasteiger partial charge is 0.308 e. The van der Waals surface area contributed by atoms with Crippen molar-refractivity contribution >= 4 is 5.65 Å². The van der Waals surface area contributed by atoms with Crippen LogP contribution in [0.3, 0.4) is 0 Å². The van der Waals surface area contributed by atoms with Gasteiger partial charge in [-0.15, -0.1) is 0 Å². The maximum atomic E-state index is 4.62. The highest BCUT2D eigenvalue weighted by Gasteiger charge is 2.21. The first-order valence-electron chi connectivity index (χ1n) is 7.41. The van der Waals surface area contributed by atoms with Crippen LogP contribution in [-0.4, -0.2) is 15.4 Å². The molecule has 102 valence electrons. The quantitative estimate of drug-likeness (QED) is 0.914. The van der Waals surface area contributed by atoms with Gasteiger partial charge in [-0.1, -0.05) is 25.8 Å². The molecule has 1 saturated carbocycles. The van der Waals surface area contributed by atoms with Crippen molar-refractivity contribution in [2.75, 3.05) is 0 Å². The lowest BCUT2D eigenvalue weighted by Crippen LogP contribution is -2.37. The summed E-state index contributed by atoms with van der Waals surface area (Å²) in [6, 6.07) is 6.85. The molecule has 3 heteroatoms. The van der Waals surface area contributed by atoms with Crippen LogP contribution < -0.4 is 5.32 Å². The SMILES string of the molecule is Cc1nc2ccccn2c1CNC1CCCCC1C. The summed E-state index contributed by atoms with van der Waals surface area (Å²) in [7, 11) is 0. The first-order valence-corrected chi connectivity index (χ1v) is 7.41. The van der Waals surface area contributed by atoms with E-state index in [4.69, 9.17) is 0 Å². The topological polar surface area (TPSA) is 29.3 Å². The van der Waals surface area contributed by atoms with Crippen LogP contribution in [0.15, 0.2) is 24.4 Å². The van der Waals surface area contributed by atoms with Crippen LogP contribution in [0.2, 0.25) is 0 Å². The lowest BCUT2D eigenvalue weighted by molar-refractivity contribution is 0.278. The second kappa shape index (κ2) is 5.33. The zero-order chi connectivity index (χ0) is 13.2. The molecule has 2 heterocycles. The third-order valence-electron chi connectivity index (χ3n) is 4.47. The molecular formula is C16H23N3. The zero-order valence-electron chi connectivity index (χ0n) is 11.9. The summed E-state index contributed by atoms with van der Waals surface area (Å²) < 4.78 is 2.20. The van der Waals surface area contributed by atoms with Crippen LogP contribution in [0.5, 0.6) is 0 Å². The van der Waals surface area contributed by atoms with Crippen LogP contribution in [0.1, 0.15) is 44.0 Å². The fraction of sp³-hybridized carbons (Fsp3) is 0.562. The van der Waals surface area contributed by atoms with Crippen LogP contribution in [0.25, 0.3) is 5.65 Å². The van der Waals surface area contributed by atoms with Gasteiger partial charge in [0.15, 0.2) is 0 Å². The number of rotatable bonds is 3. The van der Waals surface area contributed by atoms with E-state index in [0.29, 0.717) is 6.04 Å². The average Bonchev–Trinajstić information content (AvgIpc) is 2.74. The molecule has 2 atom stereocenters. The Morgan fingerprint density at radius 1 is 1.32 bits per heavy atom. The van der Waals surface area contributed by atoms with Gasteiger partial charge < -0.3 is 9.72 Å². The summed E-state index contributed by atoms with van der Waals surface area (Å²) in [5.41, 5.74) is 3.49. The van der Waals surface area contributed by atoms with Crippen molar-refractivity contribution in [1.29, 1.82) is 0 Å². The van der Waals surface area contributed by atoms with Crippen molar-refractivity contribution in [3.8, 4) is 0 Å². The first kappa shape index (κ1) is 12.7. The summed E-state index contributed by atoms with van der Waals surface area (Å²) in [5.74, 6) is 0.799. The zero-order valence-corrected chi connectivity index (χ0v) is 11.9. The summed E-state index contributed by atoms with van der Waals surface area (Å²) in [6.07, 6.45) is 7.56. The standard InChI is InChI=1S/C16H23N3/c1-12-7-3-4-8-14(12)17-11-15-13(2)18-16-9-5-6-10-19(15)16/h5-6,9-10,12,14,17H,3-4,7-8,11H2,1-2H3. The monoisotopic (exact) mass is 257 g/mol. The summed E-state index contributed by atoms with van der Waals surface area (Å²) in [6.45, 7) is 5.40. The fourth-order valence-electron chi connectivity index (χ4n) is 3.22. The summed E-state index contributed by atoms with van der Waals surface area (Å²) >= 11 is 0. The van der Waals surface area contributed by atoms with Crippen molar-refractivity contribution < 1.29 is 0 Å². The molecule has 0 aromatic carbocycles. The smallest absolute Gasteiger partial charge is 0.137 e. The molecule has 0 amide bonds. The van der Waals surface area contributed by atoms with Gasteiger partial charge in [-0.2, -0.15) is 0 Å². The first-order chi connectivity index (χ1) is 9.25. The molecule has 0 bridgehead atoms. The maximum Gasteiger partial charge on any atom is 0.137 e. The minimum Gasteiger partial charge on any atom is -0.308 e. The van der Waals surface area contributed by atoms with Gasteiger partial charge in [0.25, 0.3) is 0 Å². The Morgan fingerprint density at radius 3 is 3.00 bits per heavy atom. The molecule has 0 spiro atoms. The predicted molar refractivity (Wildman–Crippen MR) is 78.2 cm³/mol. The number of nitrogens with zero attached hydrogens (tertiary/aromatic N) is 2. The molecule has 3 rings (SSSR count). The number of pyridine rings is 1. The van der Waals surface area contributed by atoms with Gasteiger partial charge in [0.2, 0.25) is 0 Å². The van der Waals surface area contributed by atoms with Crippen LogP contribution in [0.4, 0.5) is 0 Å². The Bertz CT molecular complexity index is 558. The molecule has 1 aliphatic carbocycles. The highest BCUT2D eigenvalue weighted by Crippen LogP contribution is 2.24. The number of nitrogens with one attached hydrogen (secondary N) is 1. The third kappa shape index (κ3) is 2.52. The highest BCUT2D eigenvalue weighted by molar-refractivity contribution is 5.42. The van der Waals surface area contributed by atoms with E-state index in [-0.39, 0.29) is 0 Å². The summed E-state index contributed by atoms with van der Waals surface area (Å²) in [5, 5.41) is 3.75. The number of hydrogen-bond acceptors (Lipinski definition) is 2. The fourth-order valence-corrected chi connectivity index (χ4v) is 3.22. The predicted octanol–water partition coefficient (Wildman–Crippen LogP) is 3.31. The molecule has 1 fully saturated rings. The highest BCUT2D eigenvalue weighted by atomic mass is 15.0. The van der Waals surface area contributed by atoms with Gasteiger partial charge in [0, 0.05) is 18.8 Å². The van der Waals surface area contributed by atoms with Gasteiger partial charge in [-0.3, -0.25) is 0 Å². The van der Waals surface area contributed by atoms with Crippen molar-refractivity contribution in [3.63, 3.8) is 0 Å². The van der Waals surface area contributed by atoms with E-state index in [9.17, 15) is 0 Å². The third-order valence-corrected chi connectivity index (χ3v) is 4.47. The van der Waals surface area contributed by atoms with Crippen LogP contribution in [-0.2, 0) is 6.54 Å². The number of aryl methyl sites for hydroxylation is 1. The van der Waals surface area contributed by atoms with Gasteiger partial charge >= 0.3 is 0 Å². The lowest BCUT2D eigenvalue weighted by Gasteiger charge is -2.29. The second-order valence-electron chi connectivity index (χ2n) is 5.82. The minimum atomic E-state index is 0.669. The van der Waals surface area contributed by atoms with E-state index in [1.165, 1.54) is 31.4 Å². The molecule has 0 aliphatic heterocycles. The Balaban J connectivity index is 1.76. The van der Waals surface area contributed by atoms with E-state index in [0.717, 1.165) is 23.8 Å². The van der Waals surface area contributed by atoms with E-state index in [1.54, 1.807) is 0 Å². The summed E-state index contributed by atoms with van der Waals surface area (Å²) in [4.78, 5) is 4.62. The van der Waals surface area contributed by atoms with E-state index in [1.807, 2.05) is 6.07 Å². The van der Waals surface area contributed by atoms with Crippen molar-refractivity contribution in [1.82, 2.24) is 14.7 Å². The second-order valence-corrected chi connectivity index (χ2v) is 5.82. The Morgan fingerprint density at radius 2 is 2.16 bits per heavy atom. The Kier molecular flexibility index (Phi) is 3.56. The van der Waals surface area contributed by atoms with E-state index >= 15 is 0 Å². The van der Waals surface area contributed by atoms with Crippen LogP contribution in [0, 0.1) is 12.8 Å². The molecule has 0 saturated heterocycles. The molecule has 0 radical (unpaired) electrons. The van der Waals surface area contributed by atoms with Gasteiger partial charge in [-0.05, 0) is 37.8 Å². The normalized spacial score (nSPS) is 23.9. The van der Waals surface area contributed by atoms with Crippen molar-refractivity contribution in [3.05, 3.63) is 35.8 Å². The number of hydrogen-bond donors (Lipinski definition) is 1. The Labute approximate surface area is 115 Å². The molecule has 1 aliphatic rings.